The molecule has 1 aliphatic rings. The third kappa shape index (κ3) is 4.33. The Morgan fingerprint density at radius 1 is 1.32 bits per heavy atom. The zero-order chi connectivity index (χ0) is 15.8. The van der Waals surface area contributed by atoms with Crippen LogP contribution in [0.3, 0.4) is 0 Å². The van der Waals surface area contributed by atoms with E-state index in [1.807, 2.05) is 18.7 Å². The SMILES string of the molecule is CC1(C)CN(Cc2cc(C(F)(F)F)ccc2F)CCC1N.Cl. The van der Waals surface area contributed by atoms with E-state index in [1.54, 1.807) is 0 Å². The van der Waals surface area contributed by atoms with Crippen LogP contribution in [0.15, 0.2) is 18.2 Å². The fourth-order valence-corrected chi connectivity index (χ4v) is 2.73. The van der Waals surface area contributed by atoms with E-state index in [-0.39, 0.29) is 36.0 Å². The first-order chi connectivity index (χ1) is 9.59. The van der Waals surface area contributed by atoms with Gasteiger partial charge in [-0.05, 0) is 30.0 Å². The van der Waals surface area contributed by atoms with Crippen LogP contribution in [-0.2, 0) is 12.7 Å². The number of alkyl halides is 3. The van der Waals surface area contributed by atoms with Gasteiger partial charge in [-0.25, -0.2) is 4.39 Å². The predicted molar refractivity (Wildman–Crippen MR) is 80.3 cm³/mol. The zero-order valence-corrected chi connectivity index (χ0v) is 13.4. The number of nitrogens with zero attached hydrogens (tertiary/aromatic N) is 1. The summed E-state index contributed by atoms with van der Waals surface area (Å²) in [5.74, 6) is -0.601. The van der Waals surface area contributed by atoms with Crippen molar-refractivity contribution < 1.29 is 17.6 Å². The van der Waals surface area contributed by atoms with Gasteiger partial charge in [0.15, 0.2) is 0 Å². The van der Waals surface area contributed by atoms with Crippen LogP contribution in [0.25, 0.3) is 0 Å². The minimum absolute atomic E-state index is 0. The lowest BCUT2D eigenvalue weighted by Crippen LogP contribution is -2.52. The number of rotatable bonds is 2. The summed E-state index contributed by atoms with van der Waals surface area (Å²) in [6, 6.07) is 2.62. The van der Waals surface area contributed by atoms with E-state index >= 15 is 0 Å². The predicted octanol–water partition coefficient (Wildman–Crippen LogP) is 3.83. The molecule has 126 valence electrons. The van der Waals surface area contributed by atoms with E-state index in [9.17, 15) is 17.6 Å². The van der Waals surface area contributed by atoms with Gasteiger partial charge in [0, 0.05) is 31.2 Å². The van der Waals surface area contributed by atoms with Crippen molar-refractivity contribution in [3.05, 3.63) is 35.1 Å². The average molecular weight is 341 g/mol. The van der Waals surface area contributed by atoms with Crippen LogP contribution in [0.1, 0.15) is 31.4 Å². The highest BCUT2D eigenvalue weighted by molar-refractivity contribution is 5.85. The van der Waals surface area contributed by atoms with Crippen molar-refractivity contribution in [3.8, 4) is 0 Å². The monoisotopic (exact) mass is 340 g/mol. The molecule has 0 radical (unpaired) electrons. The number of piperidine rings is 1. The summed E-state index contributed by atoms with van der Waals surface area (Å²) in [6.07, 6.45) is -3.69. The van der Waals surface area contributed by atoms with Crippen LogP contribution in [0.2, 0.25) is 0 Å². The molecule has 1 heterocycles. The van der Waals surface area contributed by atoms with Crippen molar-refractivity contribution in [2.45, 2.75) is 39.0 Å². The van der Waals surface area contributed by atoms with Crippen molar-refractivity contribution in [3.63, 3.8) is 0 Å². The maximum Gasteiger partial charge on any atom is 0.416 e. The summed E-state index contributed by atoms with van der Waals surface area (Å²) in [4.78, 5) is 1.96. The molecule has 0 aliphatic carbocycles. The smallest absolute Gasteiger partial charge is 0.327 e. The molecule has 22 heavy (non-hydrogen) atoms. The quantitative estimate of drug-likeness (QED) is 0.829. The maximum absolute atomic E-state index is 13.8. The van der Waals surface area contributed by atoms with Crippen LogP contribution in [-0.4, -0.2) is 24.0 Å². The fourth-order valence-electron chi connectivity index (χ4n) is 2.73. The van der Waals surface area contributed by atoms with Gasteiger partial charge in [-0.2, -0.15) is 13.2 Å². The molecule has 1 aromatic rings. The first-order valence-electron chi connectivity index (χ1n) is 6.93. The van der Waals surface area contributed by atoms with Crippen molar-refractivity contribution in [1.29, 1.82) is 0 Å². The number of benzene rings is 1. The maximum atomic E-state index is 13.8. The summed E-state index contributed by atoms with van der Waals surface area (Å²) in [7, 11) is 0. The molecule has 1 aromatic carbocycles. The lowest BCUT2D eigenvalue weighted by Gasteiger charge is -2.42. The van der Waals surface area contributed by atoms with Crippen molar-refractivity contribution in [1.82, 2.24) is 4.90 Å². The lowest BCUT2D eigenvalue weighted by atomic mass is 9.79. The molecule has 0 aromatic heterocycles. The second kappa shape index (κ2) is 6.72. The van der Waals surface area contributed by atoms with E-state index in [0.29, 0.717) is 13.1 Å². The first kappa shape index (κ1) is 19.2. The van der Waals surface area contributed by atoms with Gasteiger partial charge < -0.3 is 5.73 Å². The molecule has 1 saturated heterocycles. The Bertz CT molecular complexity index is 517. The van der Waals surface area contributed by atoms with Gasteiger partial charge in [-0.1, -0.05) is 13.8 Å². The molecular formula is C15H21ClF4N2. The average Bonchev–Trinajstić information content (AvgIpc) is 2.35. The third-order valence-corrected chi connectivity index (χ3v) is 4.16. The van der Waals surface area contributed by atoms with E-state index < -0.39 is 17.6 Å². The van der Waals surface area contributed by atoms with Crippen LogP contribution < -0.4 is 5.73 Å². The van der Waals surface area contributed by atoms with Gasteiger partial charge >= 0.3 is 6.18 Å². The van der Waals surface area contributed by atoms with Gasteiger partial charge in [-0.15, -0.1) is 12.4 Å². The first-order valence-corrected chi connectivity index (χ1v) is 6.93. The molecule has 0 amide bonds. The second-order valence-electron chi connectivity index (χ2n) is 6.40. The largest absolute Gasteiger partial charge is 0.416 e. The summed E-state index contributed by atoms with van der Waals surface area (Å²) < 4.78 is 51.9. The third-order valence-electron chi connectivity index (χ3n) is 4.16. The van der Waals surface area contributed by atoms with Gasteiger partial charge in [0.2, 0.25) is 0 Å². The van der Waals surface area contributed by atoms with Crippen LogP contribution in [0.5, 0.6) is 0 Å². The van der Waals surface area contributed by atoms with Crippen LogP contribution in [0, 0.1) is 11.2 Å². The number of hydrogen-bond donors (Lipinski definition) is 1. The Labute approximate surface area is 134 Å². The molecule has 0 bridgehead atoms. The molecule has 1 atom stereocenters. The topological polar surface area (TPSA) is 29.3 Å². The number of hydrogen-bond acceptors (Lipinski definition) is 2. The van der Waals surface area contributed by atoms with Crippen LogP contribution >= 0.6 is 12.4 Å². The molecule has 1 fully saturated rings. The number of halogens is 5. The Balaban J connectivity index is 0.00000242. The zero-order valence-electron chi connectivity index (χ0n) is 12.6. The molecule has 7 heteroatoms. The summed E-state index contributed by atoms with van der Waals surface area (Å²) in [6.45, 7) is 5.52. The van der Waals surface area contributed by atoms with Crippen molar-refractivity contribution in [2.75, 3.05) is 13.1 Å². The molecule has 2 rings (SSSR count). The summed E-state index contributed by atoms with van der Waals surface area (Å²) >= 11 is 0. The highest BCUT2D eigenvalue weighted by Crippen LogP contribution is 2.32. The van der Waals surface area contributed by atoms with E-state index in [2.05, 4.69) is 0 Å². The highest BCUT2D eigenvalue weighted by atomic mass is 35.5. The summed E-state index contributed by atoms with van der Waals surface area (Å²) in [5.41, 5.74) is 5.17. The number of likely N-dealkylation sites (tertiary alicyclic amines) is 1. The molecule has 2 nitrogen and oxygen atoms in total. The Hall–Kier alpha value is -0.850. The van der Waals surface area contributed by atoms with Crippen molar-refractivity contribution in [2.24, 2.45) is 11.1 Å². The molecule has 1 unspecified atom stereocenters. The lowest BCUT2D eigenvalue weighted by molar-refractivity contribution is -0.137. The van der Waals surface area contributed by atoms with Crippen LogP contribution in [0.4, 0.5) is 17.6 Å². The molecule has 0 spiro atoms. The molecule has 1 aliphatic heterocycles. The standard InChI is InChI=1S/C15H20F4N2.ClH/c1-14(2)9-21(6-5-13(14)20)8-10-7-11(15(17,18)19)3-4-12(10)16;/h3-4,7,13H,5-6,8-9,20H2,1-2H3;1H. The molecule has 0 saturated carbocycles. The van der Waals surface area contributed by atoms with Gasteiger partial charge in [-0.3, -0.25) is 4.90 Å². The Morgan fingerprint density at radius 3 is 2.50 bits per heavy atom. The second-order valence-corrected chi connectivity index (χ2v) is 6.40. The number of nitrogens with two attached hydrogens (primary N) is 1. The highest BCUT2D eigenvalue weighted by Gasteiger charge is 2.34. The van der Waals surface area contributed by atoms with Gasteiger partial charge in [0.25, 0.3) is 0 Å². The molecule has 2 N–H and O–H groups in total. The van der Waals surface area contributed by atoms with Crippen molar-refractivity contribution >= 4 is 12.4 Å². The minimum atomic E-state index is -4.45. The van der Waals surface area contributed by atoms with Gasteiger partial charge in [0.1, 0.15) is 5.82 Å². The minimum Gasteiger partial charge on any atom is -0.327 e. The van der Waals surface area contributed by atoms with E-state index in [0.717, 1.165) is 24.6 Å². The Kier molecular flexibility index (Phi) is 5.87. The summed E-state index contributed by atoms with van der Waals surface area (Å²) in [5, 5.41) is 0. The van der Waals surface area contributed by atoms with E-state index in [1.165, 1.54) is 0 Å². The normalized spacial score (nSPS) is 22.2. The fraction of sp³-hybridized carbons (Fsp3) is 0.600. The molecular weight excluding hydrogens is 320 g/mol. The van der Waals surface area contributed by atoms with Gasteiger partial charge in [0.05, 0.1) is 5.56 Å². The van der Waals surface area contributed by atoms with E-state index in [4.69, 9.17) is 5.73 Å². The Morgan fingerprint density at radius 2 is 1.95 bits per heavy atom.